The SMILES string of the molecule is Nc1ccc(-c2nc(N3CCCC(O)C3)n[nH]2)cc1. The Morgan fingerprint density at radius 1 is 1.32 bits per heavy atom. The van der Waals surface area contributed by atoms with Gasteiger partial charge in [-0.05, 0) is 37.1 Å². The fourth-order valence-electron chi connectivity index (χ4n) is 2.30. The van der Waals surface area contributed by atoms with E-state index in [0.29, 0.717) is 12.5 Å². The molecule has 1 saturated heterocycles. The maximum absolute atomic E-state index is 9.67. The number of H-pyrrole nitrogens is 1. The minimum atomic E-state index is -0.285. The molecule has 3 rings (SSSR count). The van der Waals surface area contributed by atoms with Gasteiger partial charge >= 0.3 is 0 Å². The molecule has 100 valence electrons. The van der Waals surface area contributed by atoms with E-state index in [1.807, 2.05) is 29.2 Å². The number of nitrogen functional groups attached to an aromatic ring is 1. The van der Waals surface area contributed by atoms with Crippen molar-refractivity contribution in [3.63, 3.8) is 0 Å². The second kappa shape index (κ2) is 4.89. The van der Waals surface area contributed by atoms with Crippen molar-refractivity contribution in [3.8, 4) is 11.4 Å². The van der Waals surface area contributed by atoms with Crippen LogP contribution in [0.3, 0.4) is 0 Å². The predicted octanol–water partition coefficient (Wildman–Crippen LogP) is 1.01. The molecule has 0 bridgehead atoms. The smallest absolute Gasteiger partial charge is 0.245 e. The number of nitrogens with zero attached hydrogens (tertiary/aromatic N) is 3. The van der Waals surface area contributed by atoms with Crippen LogP contribution in [-0.4, -0.2) is 39.5 Å². The third-order valence-corrected chi connectivity index (χ3v) is 3.34. The van der Waals surface area contributed by atoms with Gasteiger partial charge < -0.3 is 15.7 Å². The summed E-state index contributed by atoms with van der Waals surface area (Å²) in [5, 5.41) is 16.8. The Balaban J connectivity index is 1.81. The quantitative estimate of drug-likeness (QED) is 0.700. The van der Waals surface area contributed by atoms with E-state index >= 15 is 0 Å². The van der Waals surface area contributed by atoms with Gasteiger partial charge in [0.25, 0.3) is 0 Å². The van der Waals surface area contributed by atoms with Crippen molar-refractivity contribution in [2.75, 3.05) is 23.7 Å². The monoisotopic (exact) mass is 259 g/mol. The molecule has 6 heteroatoms. The number of nitrogens with one attached hydrogen (secondary N) is 1. The zero-order chi connectivity index (χ0) is 13.2. The summed E-state index contributed by atoms with van der Waals surface area (Å²) < 4.78 is 0. The lowest BCUT2D eigenvalue weighted by Crippen LogP contribution is -2.38. The van der Waals surface area contributed by atoms with Crippen molar-refractivity contribution in [2.45, 2.75) is 18.9 Å². The summed E-state index contributed by atoms with van der Waals surface area (Å²) in [5.41, 5.74) is 7.33. The van der Waals surface area contributed by atoms with Gasteiger partial charge in [0, 0.05) is 24.3 Å². The van der Waals surface area contributed by atoms with Crippen LogP contribution in [0, 0.1) is 0 Å². The number of nitrogens with two attached hydrogens (primary N) is 1. The van der Waals surface area contributed by atoms with Crippen LogP contribution in [0.15, 0.2) is 24.3 Å². The summed E-state index contributed by atoms with van der Waals surface area (Å²) in [7, 11) is 0. The van der Waals surface area contributed by atoms with E-state index in [0.717, 1.165) is 36.5 Å². The van der Waals surface area contributed by atoms with E-state index in [2.05, 4.69) is 15.2 Å². The summed E-state index contributed by atoms with van der Waals surface area (Å²) in [4.78, 5) is 6.48. The number of hydrogen-bond donors (Lipinski definition) is 3. The molecule has 4 N–H and O–H groups in total. The second-order valence-corrected chi connectivity index (χ2v) is 4.85. The van der Waals surface area contributed by atoms with Crippen molar-refractivity contribution in [1.29, 1.82) is 0 Å². The van der Waals surface area contributed by atoms with Crippen LogP contribution in [0.25, 0.3) is 11.4 Å². The van der Waals surface area contributed by atoms with Crippen LogP contribution < -0.4 is 10.6 Å². The summed E-state index contributed by atoms with van der Waals surface area (Å²) in [6, 6.07) is 7.49. The fourth-order valence-corrected chi connectivity index (χ4v) is 2.30. The second-order valence-electron chi connectivity index (χ2n) is 4.85. The van der Waals surface area contributed by atoms with Gasteiger partial charge in [0.05, 0.1) is 6.10 Å². The van der Waals surface area contributed by atoms with E-state index in [9.17, 15) is 5.11 Å². The summed E-state index contributed by atoms with van der Waals surface area (Å²) in [5.74, 6) is 1.36. The number of β-amino-alcohol motifs (C(OH)–C–C–N with tert-alkyl or cyclic N) is 1. The molecular weight excluding hydrogens is 242 g/mol. The third-order valence-electron chi connectivity index (χ3n) is 3.34. The van der Waals surface area contributed by atoms with Gasteiger partial charge in [0.2, 0.25) is 5.95 Å². The molecule has 1 aliphatic heterocycles. The molecular formula is C13H17N5O. The van der Waals surface area contributed by atoms with Crippen LogP contribution in [0.5, 0.6) is 0 Å². The molecule has 0 spiro atoms. The first-order chi connectivity index (χ1) is 9.22. The minimum absolute atomic E-state index is 0.285. The van der Waals surface area contributed by atoms with Gasteiger partial charge in [-0.1, -0.05) is 0 Å². The molecule has 1 fully saturated rings. The minimum Gasteiger partial charge on any atom is -0.399 e. The van der Waals surface area contributed by atoms with Gasteiger partial charge in [-0.2, -0.15) is 4.98 Å². The topological polar surface area (TPSA) is 91.1 Å². The van der Waals surface area contributed by atoms with Crippen molar-refractivity contribution in [1.82, 2.24) is 15.2 Å². The molecule has 1 aliphatic rings. The zero-order valence-corrected chi connectivity index (χ0v) is 10.6. The fraction of sp³-hybridized carbons (Fsp3) is 0.385. The number of aliphatic hydroxyl groups is 1. The van der Waals surface area contributed by atoms with Crippen molar-refractivity contribution in [2.24, 2.45) is 0 Å². The molecule has 0 amide bonds. The lowest BCUT2D eigenvalue weighted by molar-refractivity contribution is 0.153. The Kier molecular flexibility index (Phi) is 3.08. The highest BCUT2D eigenvalue weighted by Gasteiger charge is 2.21. The summed E-state index contributed by atoms with van der Waals surface area (Å²) >= 11 is 0. The van der Waals surface area contributed by atoms with Gasteiger partial charge in [-0.25, -0.2) is 0 Å². The number of anilines is 2. The normalized spacial score (nSPS) is 19.6. The third kappa shape index (κ3) is 2.53. The van der Waals surface area contributed by atoms with Crippen molar-refractivity contribution < 1.29 is 5.11 Å². The maximum Gasteiger partial charge on any atom is 0.245 e. The lowest BCUT2D eigenvalue weighted by Gasteiger charge is -2.28. The molecule has 6 nitrogen and oxygen atoms in total. The summed E-state index contributed by atoms with van der Waals surface area (Å²) in [6.45, 7) is 1.48. The Hall–Kier alpha value is -2.08. The standard InChI is InChI=1S/C13H17N5O/c14-10-5-3-9(4-6-10)12-15-13(17-16-12)18-7-1-2-11(19)8-18/h3-6,11,19H,1-2,7-8,14H2,(H,15,16,17). The number of hydrogen-bond acceptors (Lipinski definition) is 5. The number of benzene rings is 1. The summed E-state index contributed by atoms with van der Waals surface area (Å²) in [6.07, 6.45) is 1.53. The predicted molar refractivity (Wildman–Crippen MR) is 73.7 cm³/mol. The average molecular weight is 259 g/mol. The Morgan fingerprint density at radius 3 is 2.84 bits per heavy atom. The van der Waals surface area contributed by atoms with Gasteiger partial charge in [0.15, 0.2) is 5.82 Å². The molecule has 0 radical (unpaired) electrons. The zero-order valence-electron chi connectivity index (χ0n) is 10.6. The lowest BCUT2D eigenvalue weighted by atomic mass is 10.1. The Bertz CT molecular complexity index is 550. The number of aromatic amines is 1. The van der Waals surface area contributed by atoms with E-state index in [4.69, 9.17) is 5.73 Å². The van der Waals surface area contributed by atoms with Crippen LogP contribution in [0.1, 0.15) is 12.8 Å². The van der Waals surface area contributed by atoms with E-state index in [1.54, 1.807) is 0 Å². The molecule has 19 heavy (non-hydrogen) atoms. The van der Waals surface area contributed by atoms with Gasteiger partial charge in [0.1, 0.15) is 0 Å². The highest BCUT2D eigenvalue weighted by molar-refractivity contribution is 5.59. The molecule has 1 unspecified atom stereocenters. The number of piperidine rings is 1. The van der Waals surface area contributed by atoms with Crippen molar-refractivity contribution in [3.05, 3.63) is 24.3 Å². The van der Waals surface area contributed by atoms with Gasteiger partial charge in [-0.15, -0.1) is 5.10 Å². The first kappa shape index (κ1) is 12.0. The molecule has 2 aromatic rings. The van der Waals surface area contributed by atoms with Crippen LogP contribution in [0.2, 0.25) is 0 Å². The molecule has 1 aromatic carbocycles. The average Bonchev–Trinajstić information content (AvgIpc) is 2.89. The van der Waals surface area contributed by atoms with E-state index < -0.39 is 0 Å². The van der Waals surface area contributed by atoms with Crippen LogP contribution >= 0.6 is 0 Å². The number of rotatable bonds is 2. The maximum atomic E-state index is 9.67. The van der Waals surface area contributed by atoms with Crippen LogP contribution in [0.4, 0.5) is 11.6 Å². The molecule has 1 aromatic heterocycles. The highest BCUT2D eigenvalue weighted by Crippen LogP contribution is 2.21. The van der Waals surface area contributed by atoms with E-state index in [1.165, 1.54) is 0 Å². The van der Waals surface area contributed by atoms with Crippen molar-refractivity contribution >= 4 is 11.6 Å². The molecule has 1 atom stereocenters. The number of aromatic nitrogens is 3. The number of aliphatic hydroxyl groups excluding tert-OH is 1. The molecule has 0 saturated carbocycles. The Labute approximate surface area is 111 Å². The molecule has 2 heterocycles. The van der Waals surface area contributed by atoms with Gasteiger partial charge in [-0.3, -0.25) is 5.10 Å². The largest absolute Gasteiger partial charge is 0.399 e. The van der Waals surface area contributed by atoms with Crippen LogP contribution in [-0.2, 0) is 0 Å². The van der Waals surface area contributed by atoms with E-state index in [-0.39, 0.29) is 6.10 Å². The first-order valence-corrected chi connectivity index (χ1v) is 6.44. The highest BCUT2D eigenvalue weighted by atomic mass is 16.3. The first-order valence-electron chi connectivity index (χ1n) is 6.44. The molecule has 0 aliphatic carbocycles. The Morgan fingerprint density at radius 2 is 2.11 bits per heavy atom.